The average molecular weight is 325 g/mol. The van der Waals surface area contributed by atoms with Gasteiger partial charge in [-0.15, -0.1) is 11.3 Å². The van der Waals surface area contributed by atoms with Crippen LogP contribution in [0.15, 0.2) is 34.8 Å². The van der Waals surface area contributed by atoms with Crippen molar-refractivity contribution >= 4 is 33.0 Å². The van der Waals surface area contributed by atoms with Crippen LogP contribution < -0.4 is 4.74 Å². The number of halogens is 1. The second-order valence-electron chi connectivity index (χ2n) is 3.77. The van der Waals surface area contributed by atoms with Crippen molar-refractivity contribution in [2.45, 2.75) is 13.8 Å². The lowest BCUT2D eigenvalue weighted by atomic mass is 10.1. The number of aryl methyl sites for hydroxylation is 1. The van der Waals surface area contributed by atoms with E-state index in [9.17, 15) is 4.79 Å². The molecule has 1 aromatic heterocycles. The Balaban J connectivity index is 2.39. The lowest BCUT2D eigenvalue weighted by Gasteiger charge is -2.07. The van der Waals surface area contributed by atoms with Crippen molar-refractivity contribution in [3.8, 4) is 5.75 Å². The molecule has 1 aromatic carbocycles. The van der Waals surface area contributed by atoms with Crippen LogP contribution in [0.5, 0.6) is 5.75 Å². The zero-order valence-corrected chi connectivity index (χ0v) is 12.6. The van der Waals surface area contributed by atoms with Gasteiger partial charge in [0.2, 0.25) is 5.78 Å². The van der Waals surface area contributed by atoms with Gasteiger partial charge in [0.25, 0.3) is 0 Å². The van der Waals surface area contributed by atoms with Crippen molar-refractivity contribution in [1.29, 1.82) is 0 Å². The number of carbonyl (C=O) groups excluding carboxylic acids is 1. The molecule has 0 unspecified atom stereocenters. The molecule has 94 valence electrons. The van der Waals surface area contributed by atoms with E-state index in [0.717, 1.165) is 14.2 Å². The van der Waals surface area contributed by atoms with E-state index in [1.165, 1.54) is 11.3 Å². The van der Waals surface area contributed by atoms with Crippen LogP contribution in [0.25, 0.3) is 0 Å². The van der Waals surface area contributed by atoms with E-state index in [0.29, 0.717) is 17.9 Å². The molecule has 1 heterocycles. The second-order valence-corrected chi connectivity index (χ2v) is 5.88. The van der Waals surface area contributed by atoms with Crippen molar-refractivity contribution in [3.05, 3.63) is 50.1 Å². The van der Waals surface area contributed by atoms with E-state index >= 15 is 0 Å². The highest BCUT2D eigenvalue weighted by molar-refractivity contribution is 9.10. The van der Waals surface area contributed by atoms with Gasteiger partial charge in [0, 0.05) is 9.35 Å². The van der Waals surface area contributed by atoms with Crippen molar-refractivity contribution < 1.29 is 9.53 Å². The predicted octanol–water partition coefficient (Wildman–Crippen LogP) is 4.45. The Morgan fingerprint density at radius 1 is 1.39 bits per heavy atom. The van der Waals surface area contributed by atoms with Crippen LogP contribution in [-0.2, 0) is 0 Å². The minimum Gasteiger partial charge on any atom is -0.493 e. The third-order valence-corrected chi connectivity index (χ3v) is 4.65. The first-order chi connectivity index (χ1) is 8.63. The summed E-state index contributed by atoms with van der Waals surface area (Å²) in [7, 11) is 0. The average Bonchev–Trinajstić information content (AvgIpc) is 2.70. The fourth-order valence-electron chi connectivity index (χ4n) is 1.64. The van der Waals surface area contributed by atoms with Crippen LogP contribution in [0.4, 0.5) is 0 Å². The number of ether oxygens (including phenoxy) is 1. The van der Waals surface area contributed by atoms with E-state index in [1.807, 2.05) is 38.1 Å². The molecule has 0 N–H and O–H groups in total. The quantitative estimate of drug-likeness (QED) is 0.777. The van der Waals surface area contributed by atoms with Gasteiger partial charge in [-0.05, 0) is 48.0 Å². The van der Waals surface area contributed by atoms with E-state index in [2.05, 4.69) is 15.9 Å². The summed E-state index contributed by atoms with van der Waals surface area (Å²) >= 11 is 4.93. The number of thiophene rings is 1. The normalized spacial score (nSPS) is 10.4. The lowest BCUT2D eigenvalue weighted by molar-refractivity contribution is 0.103. The van der Waals surface area contributed by atoms with Gasteiger partial charge in [-0.25, -0.2) is 0 Å². The van der Waals surface area contributed by atoms with Crippen molar-refractivity contribution in [2.75, 3.05) is 6.61 Å². The summed E-state index contributed by atoms with van der Waals surface area (Å²) in [6.07, 6.45) is 0. The molecule has 0 saturated heterocycles. The molecule has 0 atom stereocenters. The molecule has 0 bridgehead atoms. The van der Waals surface area contributed by atoms with E-state index in [-0.39, 0.29) is 5.78 Å². The molecular formula is C14H13BrO2S. The predicted molar refractivity (Wildman–Crippen MR) is 77.8 cm³/mol. The van der Waals surface area contributed by atoms with Crippen LogP contribution in [0, 0.1) is 6.92 Å². The summed E-state index contributed by atoms with van der Waals surface area (Å²) in [6.45, 7) is 4.45. The van der Waals surface area contributed by atoms with Gasteiger partial charge in [-0.2, -0.15) is 0 Å². The Hall–Kier alpha value is -1.13. The molecule has 2 aromatic rings. The summed E-state index contributed by atoms with van der Waals surface area (Å²) in [6, 6.07) is 9.22. The van der Waals surface area contributed by atoms with E-state index in [1.54, 1.807) is 6.07 Å². The zero-order chi connectivity index (χ0) is 13.1. The molecule has 0 radical (unpaired) electrons. The maximum Gasteiger partial charge on any atom is 0.206 e. The number of benzene rings is 1. The minimum atomic E-state index is 0.0119. The zero-order valence-electron chi connectivity index (χ0n) is 10.2. The molecule has 4 heteroatoms. The van der Waals surface area contributed by atoms with Gasteiger partial charge in [0.1, 0.15) is 5.75 Å². The first-order valence-corrected chi connectivity index (χ1v) is 7.27. The van der Waals surface area contributed by atoms with E-state index < -0.39 is 0 Å². The van der Waals surface area contributed by atoms with Crippen molar-refractivity contribution in [3.63, 3.8) is 0 Å². The molecule has 0 aliphatic heterocycles. The fourth-order valence-corrected chi connectivity index (χ4v) is 3.13. The number of ketones is 1. The largest absolute Gasteiger partial charge is 0.493 e. The minimum absolute atomic E-state index is 0.0119. The maximum atomic E-state index is 12.4. The highest BCUT2D eigenvalue weighted by Gasteiger charge is 2.17. The van der Waals surface area contributed by atoms with Gasteiger partial charge in [0.05, 0.1) is 17.0 Å². The molecular weight excluding hydrogens is 312 g/mol. The number of rotatable bonds is 4. The summed E-state index contributed by atoms with van der Waals surface area (Å²) < 4.78 is 6.47. The standard InChI is InChI=1S/C14H13BrO2S/c1-3-17-12-7-5-4-6-10(12)14(16)13-8-11(15)9(2)18-13/h4-8H,3H2,1-2H3. The van der Waals surface area contributed by atoms with E-state index in [4.69, 9.17) is 4.74 Å². The van der Waals surface area contributed by atoms with Crippen LogP contribution in [0.1, 0.15) is 27.0 Å². The molecule has 0 aliphatic rings. The molecule has 0 saturated carbocycles. The Morgan fingerprint density at radius 2 is 2.11 bits per heavy atom. The fraction of sp³-hybridized carbons (Fsp3) is 0.214. The third-order valence-electron chi connectivity index (χ3n) is 2.51. The van der Waals surface area contributed by atoms with Gasteiger partial charge in [-0.1, -0.05) is 12.1 Å². The summed E-state index contributed by atoms with van der Waals surface area (Å²) in [5, 5.41) is 0. The van der Waals surface area contributed by atoms with Crippen molar-refractivity contribution in [1.82, 2.24) is 0 Å². The third kappa shape index (κ3) is 2.65. The summed E-state index contributed by atoms with van der Waals surface area (Å²) in [4.78, 5) is 14.2. The molecule has 2 nitrogen and oxygen atoms in total. The maximum absolute atomic E-state index is 12.4. The Kier molecular flexibility index (Phi) is 4.19. The molecule has 0 fully saturated rings. The van der Waals surface area contributed by atoms with Crippen LogP contribution in [0.3, 0.4) is 0 Å². The number of hydrogen-bond donors (Lipinski definition) is 0. The lowest BCUT2D eigenvalue weighted by Crippen LogP contribution is -2.03. The SMILES string of the molecule is CCOc1ccccc1C(=O)c1cc(Br)c(C)s1. The topological polar surface area (TPSA) is 26.3 Å². The molecule has 0 aliphatic carbocycles. The number of carbonyl (C=O) groups is 1. The Labute approximate surface area is 119 Å². The first-order valence-electron chi connectivity index (χ1n) is 5.66. The highest BCUT2D eigenvalue weighted by Crippen LogP contribution is 2.30. The molecule has 0 spiro atoms. The highest BCUT2D eigenvalue weighted by atomic mass is 79.9. The van der Waals surface area contributed by atoms with Gasteiger partial charge >= 0.3 is 0 Å². The smallest absolute Gasteiger partial charge is 0.206 e. The van der Waals surface area contributed by atoms with Gasteiger partial charge < -0.3 is 4.74 Å². The second kappa shape index (κ2) is 5.67. The van der Waals surface area contributed by atoms with Crippen LogP contribution in [0.2, 0.25) is 0 Å². The molecule has 2 rings (SSSR count). The van der Waals surface area contributed by atoms with Crippen LogP contribution in [-0.4, -0.2) is 12.4 Å². The first kappa shape index (κ1) is 13.3. The van der Waals surface area contributed by atoms with Gasteiger partial charge in [-0.3, -0.25) is 4.79 Å². The monoisotopic (exact) mass is 324 g/mol. The molecule has 0 amide bonds. The van der Waals surface area contributed by atoms with Crippen LogP contribution >= 0.6 is 27.3 Å². The summed E-state index contributed by atoms with van der Waals surface area (Å²) in [5.74, 6) is 0.657. The molecule has 18 heavy (non-hydrogen) atoms. The Morgan fingerprint density at radius 3 is 2.72 bits per heavy atom. The van der Waals surface area contributed by atoms with Crippen molar-refractivity contribution in [2.24, 2.45) is 0 Å². The summed E-state index contributed by atoms with van der Waals surface area (Å²) in [5.41, 5.74) is 0.619. The number of para-hydroxylation sites is 1. The Bertz CT molecular complexity index is 555. The van der Waals surface area contributed by atoms with Gasteiger partial charge in [0.15, 0.2) is 0 Å². The number of hydrogen-bond acceptors (Lipinski definition) is 3.